The summed E-state index contributed by atoms with van der Waals surface area (Å²) in [5, 5.41) is 9.07. The lowest BCUT2D eigenvalue weighted by molar-refractivity contribution is 0.362. The van der Waals surface area contributed by atoms with E-state index in [0.717, 1.165) is 72.1 Å². The average Bonchev–Trinajstić information content (AvgIpc) is 4.01. The molecular formula is C55H34N4O2S. The van der Waals surface area contributed by atoms with Crippen LogP contribution in [-0.4, -0.2) is 26.1 Å². The predicted octanol–water partition coefficient (Wildman–Crippen LogP) is 14.3. The minimum Gasteiger partial charge on any atom is -0.487 e. The molecule has 13 rings (SSSR count). The van der Waals surface area contributed by atoms with Crippen molar-refractivity contribution < 1.29 is 9.15 Å². The van der Waals surface area contributed by atoms with Crippen LogP contribution in [0.1, 0.15) is 11.4 Å². The molecule has 1 aliphatic rings. The van der Waals surface area contributed by atoms with Crippen molar-refractivity contribution >= 4 is 97.3 Å². The number of fused-ring (bicyclic) bond motifs is 11. The summed E-state index contributed by atoms with van der Waals surface area (Å²) >= 11 is 1.79. The standard InChI is InChI=1S/C55H34N4O2S/c1-2-15-35-31-45-43(30-34(35)14-1)38-16-4-7-21-44(38)59(45)37-29-36(28-27-33-13-3-8-22-46(33)60-32-37)53-56-54(41-19-11-24-48-51(41)39-17-5-9-23-47(39)61-48)58-55(57-53)42-20-12-26-50-52(42)40-18-6-10-25-49(40)62-50/h1-26,28-31H,27,32H2/b36-28+,37-29+. The first kappa shape index (κ1) is 34.9. The van der Waals surface area contributed by atoms with E-state index in [4.69, 9.17) is 24.1 Å². The molecule has 0 amide bonds. The summed E-state index contributed by atoms with van der Waals surface area (Å²) in [5.41, 5.74) is 8.60. The van der Waals surface area contributed by atoms with Gasteiger partial charge in [-0.25, -0.2) is 15.0 Å². The van der Waals surface area contributed by atoms with Gasteiger partial charge in [0.05, 0.1) is 16.7 Å². The first-order chi connectivity index (χ1) is 30.7. The van der Waals surface area contributed by atoms with E-state index in [9.17, 15) is 0 Å². The van der Waals surface area contributed by atoms with Crippen LogP contribution in [0.4, 0.5) is 0 Å². The maximum atomic E-state index is 6.78. The Morgan fingerprint density at radius 1 is 0.500 bits per heavy atom. The van der Waals surface area contributed by atoms with E-state index in [1.54, 1.807) is 11.3 Å². The maximum absolute atomic E-state index is 6.78. The Morgan fingerprint density at radius 2 is 1.16 bits per heavy atom. The highest BCUT2D eigenvalue weighted by molar-refractivity contribution is 7.25. The van der Waals surface area contributed by atoms with E-state index < -0.39 is 0 Å². The number of thiophene rings is 1. The van der Waals surface area contributed by atoms with E-state index in [1.165, 1.54) is 36.3 Å². The molecule has 7 heteroatoms. The Bertz CT molecular complexity index is 3740. The van der Waals surface area contributed by atoms with Gasteiger partial charge < -0.3 is 13.7 Å². The summed E-state index contributed by atoms with van der Waals surface area (Å²) in [5.74, 6) is 2.62. The van der Waals surface area contributed by atoms with Crippen LogP contribution in [0, 0.1) is 0 Å². The average molecular weight is 815 g/mol. The molecule has 0 unspecified atom stereocenters. The lowest BCUT2D eigenvalue weighted by atomic mass is 10.0. The molecule has 292 valence electrons. The minimum atomic E-state index is 0.320. The Balaban J connectivity index is 1.10. The van der Waals surface area contributed by atoms with E-state index in [-0.39, 0.29) is 0 Å². The monoisotopic (exact) mass is 814 g/mol. The summed E-state index contributed by atoms with van der Waals surface area (Å²) in [6.45, 7) is 0.320. The van der Waals surface area contributed by atoms with Crippen molar-refractivity contribution in [1.82, 2.24) is 19.5 Å². The van der Waals surface area contributed by atoms with Crippen LogP contribution in [-0.2, 0) is 6.42 Å². The summed E-state index contributed by atoms with van der Waals surface area (Å²) in [6.07, 6.45) is 5.09. The molecular weight excluding hydrogens is 781 g/mol. The van der Waals surface area contributed by atoms with Gasteiger partial charge in [0.15, 0.2) is 17.5 Å². The van der Waals surface area contributed by atoms with Gasteiger partial charge in [-0.15, -0.1) is 11.3 Å². The van der Waals surface area contributed by atoms with Gasteiger partial charge >= 0.3 is 0 Å². The summed E-state index contributed by atoms with van der Waals surface area (Å²) in [7, 11) is 0. The van der Waals surface area contributed by atoms with Gasteiger partial charge in [0, 0.05) is 58.4 Å². The number of ether oxygens (including phenoxy) is 1. The number of hydrogen-bond acceptors (Lipinski definition) is 6. The molecule has 0 saturated heterocycles. The highest BCUT2D eigenvalue weighted by Gasteiger charge is 2.23. The number of rotatable bonds is 4. The molecule has 6 nitrogen and oxygen atoms in total. The first-order valence-electron chi connectivity index (χ1n) is 20.8. The van der Waals surface area contributed by atoms with E-state index in [1.807, 2.05) is 36.4 Å². The number of benzene rings is 8. The molecule has 0 bridgehead atoms. The van der Waals surface area contributed by atoms with Gasteiger partial charge in [0.1, 0.15) is 23.5 Å². The van der Waals surface area contributed by atoms with Crippen molar-refractivity contribution in [2.24, 2.45) is 0 Å². The van der Waals surface area contributed by atoms with Crippen molar-refractivity contribution in [3.8, 4) is 28.5 Å². The zero-order chi connectivity index (χ0) is 40.7. The Kier molecular flexibility index (Phi) is 7.80. The molecule has 0 N–H and O–H groups in total. The summed E-state index contributed by atoms with van der Waals surface area (Å²) < 4.78 is 17.9. The number of hydrogen-bond donors (Lipinski definition) is 0. The Hall–Kier alpha value is -7.87. The molecule has 62 heavy (non-hydrogen) atoms. The fourth-order valence-corrected chi connectivity index (χ4v) is 10.5. The second-order valence-corrected chi connectivity index (χ2v) is 16.9. The number of aromatic nitrogens is 4. The Labute approximate surface area is 359 Å². The van der Waals surface area contributed by atoms with Crippen LogP contribution in [0.3, 0.4) is 0 Å². The predicted molar refractivity (Wildman–Crippen MR) is 256 cm³/mol. The normalized spacial score (nSPS) is 15.0. The summed E-state index contributed by atoms with van der Waals surface area (Å²) in [4.78, 5) is 16.3. The van der Waals surface area contributed by atoms with Gasteiger partial charge in [0.25, 0.3) is 0 Å². The molecule has 0 atom stereocenters. The molecule has 5 heterocycles. The van der Waals surface area contributed by atoms with Crippen molar-refractivity contribution in [2.45, 2.75) is 6.42 Å². The molecule has 1 aliphatic heterocycles. The molecule has 12 aromatic rings. The van der Waals surface area contributed by atoms with Crippen LogP contribution in [0.5, 0.6) is 5.75 Å². The topological polar surface area (TPSA) is 66.0 Å². The molecule has 0 fully saturated rings. The van der Waals surface area contributed by atoms with Crippen LogP contribution in [0.15, 0.2) is 186 Å². The third-order valence-corrected chi connectivity index (χ3v) is 13.4. The number of para-hydroxylation sites is 3. The smallest absolute Gasteiger partial charge is 0.164 e. The van der Waals surface area contributed by atoms with E-state index in [0.29, 0.717) is 30.5 Å². The second-order valence-electron chi connectivity index (χ2n) is 15.8. The van der Waals surface area contributed by atoms with E-state index in [2.05, 4.69) is 150 Å². The highest BCUT2D eigenvalue weighted by atomic mass is 32.1. The molecule has 0 radical (unpaired) electrons. The van der Waals surface area contributed by atoms with Crippen LogP contribution in [0.25, 0.3) is 109 Å². The first-order valence-corrected chi connectivity index (χ1v) is 21.6. The molecule has 0 saturated carbocycles. The molecule has 8 aromatic carbocycles. The quantitative estimate of drug-likeness (QED) is 0.177. The van der Waals surface area contributed by atoms with Gasteiger partial charge in [-0.2, -0.15) is 0 Å². The van der Waals surface area contributed by atoms with Crippen LogP contribution >= 0.6 is 11.3 Å². The fraction of sp³-hybridized carbons (Fsp3) is 0.0364. The molecule has 0 aliphatic carbocycles. The van der Waals surface area contributed by atoms with Gasteiger partial charge in [-0.3, -0.25) is 0 Å². The van der Waals surface area contributed by atoms with Crippen molar-refractivity contribution in [3.05, 3.63) is 193 Å². The fourth-order valence-electron chi connectivity index (χ4n) is 9.38. The third-order valence-electron chi connectivity index (χ3n) is 12.2. The van der Waals surface area contributed by atoms with Gasteiger partial charge in [-0.1, -0.05) is 127 Å². The van der Waals surface area contributed by atoms with Crippen molar-refractivity contribution in [3.63, 3.8) is 0 Å². The lowest BCUT2D eigenvalue weighted by Crippen LogP contribution is -2.09. The van der Waals surface area contributed by atoms with Crippen molar-refractivity contribution in [2.75, 3.05) is 6.61 Å². The van der Waals surface area contributed by atoms with Crippen LogP contribution in [0.2, 0.25) is 0 Å². The van der Waals surface area contributed by atoms with Gasteiger partial charge in [0.2, 0.25) is 0 Å². The van der Waals surface area contributed by atoms with Crippen molar-refractivity contribution in [1.29, 1.82) is 0 Å². The van der Waals surface area contributed by atoms with Gasteiger partial charge in [-0.05, 0) is 77.4 Å². The van der Waals surface area contributed by atoms with Crippen LogP contribution < -0.4 is 4.74 Å². The number of furan rings is 1. The largest absolute Gasteiger partial charge is 0.487 e. The molecule has 4 aromatic heterocycles. The minimum absolute atomic E-state index is 0.320. The lowest BCUT2D eigenvalue weighted by Gasteiger charge is -2.16. The SMILES string of the molecule is C1=C(c2nc(-c3cccc4oc5ccccc5c34)nc(-c3cccc4sc5ccccc5c34)n2)\C=C(\n2c3ccccc3c3cc4ccccc4cc32)COc2ccccc2C/1. The maximum Gasteiger partial charge on any atom is 0.164 e. The second kappa shape index (κ2) is 13.8. The molecule has 0 spiro atoms. The zero-order valence-electron chi connectivity index (χ0n) is 33.2. The number of nitrogens with zero attached hydrogens (tertiary/aromatic N) is 4. The zero-order valence-corrected chi connectivity index (χ0v) is 34.1. The number of allylic oxidation sites excluding steroid dienone is 3. The summed E-state index contributed by atoms with van der Waals surface area (Å²) in [6, 6.07) is 59.5. The van der Waals surface area contributed by atoms with E-state index >= 15 is 0 Å². The Morgan fingerprint density at radius 3 is 2.05 bits per heavy atom. The highest BCUT2D eigenvalue weighted by Crippen LogP contribution is 2.42. The third kappa shape index (κ3) is 5.52.